The number of likely N-dealkylation sites (N-methyl/N-ethyl adjacent to an activating group) is 1. The number of piperazine rings is 1. The maximum Gasteiger partial charge on any atom is 0.218 e. The second-order valence-electron chi connectivity index (χ2n) is 7.31. The molecule has 0 bridgehead atoms. The van der Waals surface area contributed by atoms with Crippen LogP contribution in [0.3, 0.4) is 0 Å². The van der Waals surface area contributed by atoms with E-state index in [9.17, 15) is 0 Å². The molecule has 0 spiro atoms. The predicted molar refractivity (Wildman–Crippen MR) is 119 cm³/mol. The average Bonchev–Trinajstić information content (AvgIpc) is 3.44. The van der Waals surface area contributed by atoms with Crippen LogP contribution in [0.2, 0.25) is 0 Å². The third-order valence-corrected chi connectivity index (χ3v) is 6.32. The molecular weight excluding hydrogens is 400 g/mol. The molecular formula is C21H28N6O2S. The van der Waals surface area contributed by atoms with E-state index in [0.29, 0.717) is 13.1 Å². The van der Waals surface area contributed by atoms with Crippen molar-refractivity contribution in [3.05, 3.63) is 47.8 Å². The molecule has 3 heterocycles. The van der Waals surface area contributed by atoms with Crippen LogP contribution in [-0.4, -0.2) is 67.1 Å². The van der Waals surface area contributed by atoms with Gasteiger partial charge < -0.3 is 24.6 Å². The third-order valence-electron chi connectivity index (χ3n) is 5.33. The summed E-state index contributed by atoms with van der Waals surface area (Å²) in [5.74, 6) is 1.61. The van der Waals surface area contributed by atoms with Crippen LogP contribution in [0.15, 0.2) is 36.5 Å². The van der Waals surface area contributed by atoms with Crippen molar-refractivity contribution >= 4 is 16.5 Å². The summed E-state index contributed by atoms with van der Waals surface area (Å²) < 4.78 is 12.9. The van der Waals surface area contributed by atoms with Crippen LogP contribution < -0.4 is 19.7 Å². The number of benzene rings is 1. The van der Waals surface area contributed by atoms with Gasteiger partial charge in [0.25, 0.3) is 0 Å². The van der Waals surface area contributed by atoms with E-state index in [0.717, 1.165) is 59.2 Å². The van der Waals surface area contributed by atoms with Gasteiger partial charge in [-0.1, -0.05) is 17.4 Å². The van der Waals surface area contributed by atoms with E-state index in [1.165, 1.54) is 0 Å². The number of anilines is 1. The Morgan fingerprint density at radius 3 is 2.57 bits per heavy atom. The summed E-state index contributed by atoms with van der Waals surface area (Å²) in [7, 11) is 5.49. The molecule has 8 nitrogen and oxygen atoms in total. The van der Waals surface area contributed by atoms with Gasteiger partial charge in [-0.15, -0.1) is 10.2 Å². The predicted octanol–water partition coefficient (Wildman–Crippen LogP) is 2.39. The van der Waals surface area contributed by atoms with Crippen LogP contribution in [0, 0.1) is 0 Å². The van der Waals surface area contributed by atoms with Crippen LogP contribution in [0.5, 0.6) is 11.5 Å². The monoisotopic (exact) mass is 428 g/mol. The Morgan fingerprint density at radius 2 is 1.80 bits per heavy atom. The smallest absolute Gasteiger partial charge is 0.218 e. The van der Waals surface area contributed by atoms with Crippen molar-refractivity contribution in [1.29, 1.82) is 0 Å². The van der Waals surface area contributed by atoms with Gasteiger partial charge in [0.2, 0.25) is 10.3 Å². The molecule has 1 aliphatic rings. The van der Waals surface area contributed by atoms with Gasteiger partial charge in [-0.05, 0) is 25.2 Å². The lowest BCUT2D eigenvalue weighted by Crippen LogP contribution is -2.44. The van der Waals surface area contributed by atoms with Crippen molar-refractivity contribution in [2.75, 3.05) is 52.3 Å². The first kappa shape index (κ1) is 20.6. The molecule has 1 saturated heterocycles. The zero-order chi connectivity index (χ0) is 20.9. The molecule has 1 aromatic carbocycles. The van der Waals surface area contributed by atoms with Gasteiger partial charge in [0.05, 0.1) is 14.2 Å². The highest BCUT2D eigenvalue weighted by Gasteiger charge is 2.19. The van der Waals surface area contributed by atoms with Gasteiger partial charge in [0, 0.05) is 62.8 Å². The van der Waals surface area contributed by atoms with Crippen molar-refractivity contribution in [1.82, 2.24) is 25.0 Å². The van der Waals surface area contributed by atoms with E-state index < -0.39 is 0 Å². The number of nitrogens with zero attached hydrogens (tertiary/aromatic N) is 5. The highest BCUT2D eigenvalue weighted by atomic mass is 32.1. The molecule has 0 atom stereocenters. The molecule has 0 saturated carbocycles. The molecule has 9 heteroatoms. The first-order valence-electron chi connectivity index (χ1n) is 10.0. The number of methoxy groups -OCH3 is 2. The standard InChI is InChI=1S/C21H28N6O2S/c1-25-9-11-26(12-10-25)20-23-24-21(30-20)27-8-4-5-17(27)15-22-14-16-6-7-18(28-2)13-19(16)29-3/h4-8,13,22H,9-12,14-15H2,1-3H3. The van der Waals surface area contributed by atoms with E-state index in [2.05, 4.69) is 43.0 Å². The summed E-state index contributed by atoms with van der Waals surface area (Å²) in [6, 6.07) is 10.0. The molecule has 3 aromatic rings. The summed E-state index contributed by atoms with van der Waals surface area (Å²) in [6.07, 6.45) is 2.04. The fourth-order valence-corrected chi connectivity index (χ4v) is 4.42. The quantitative estimate of drug-likeness (QED) is 0.591. The van der Waals surface area contributed by atoms with E-state index in [-0.39, 0.29) is 0 Å². The molecule has 1 aliphatic heterocycles. The largest absolute Gasteiger partial charge is 0.497 e. The Morgan fingerprint density at radius 1 is 1.00 bits per heavy atom. The topological polar surface area (TPSA) is 67.7 Å². The Hall–Kier alpha value is -2.62. The van der Waals surface area contributed by atoms with E-state index >= 15 is 0 Å². The van der Waals surface area contributed by atoms with Gasteiger partial charge in [-0.25, -0.2) is 0 Å². The van der Waals surface area contributed by atoms with Gasteiger partial charge in [0.1, 0.15) is 11.5 Å². The van der Waals surface area contributed by atoms with Crippen molar-refractivity contribution in [3.8, 4) is 16.6 Å². The molecule has 0 unspecified atom stereocenters. The Balaban J connectivity index is 1.40. The Bertz CT molecular complexity index is 964. The minimum absolute atomic E-state index is 0.695. The van der Waals surface area contributed by atoms with Gasteiger partial charge in [-0.3, -0.25) is 4.57 Å². The van der Waals surface area contributed by atoms with Crippen LogP contribution in [-0.2, 0) is 13.1 Å². The van der Waals surface area contributed by atoms with Gasteiger partial charge in [-0.2, -0.15) is 0 Å². The SMILES string of the molecule is COc1ccc(CNCc2cccn2-c2nnc(N3CCN(C)CC3)s2)c(OC)c1. The van der Waals surface area contributed by atoms with Crippen LogP contribution in [0.4, 0.5) is 5.13 Å². The molecule has 1 N–H and O–H groups in total. The molecule has 160 valence electrons. The summed E-state index contributed by atoms with van der Waals surface area (Å²) in [5.41, 5.74) is 2.23. The third kappa shape index (κ3) is 4.58. The molecule has 0 aliphatic carbocycles. The first-order valence-corrected chi connectivity index (χ1v) is 10.8. The summed E-state index contributed by atoms with van der Waals surface area (Å²) >= 11 is 1.64. The van der Waals surface area contributed by atoms with Crippen molar-refractivity contribution in [2.24, 2.45) is 0 Å². The number of hydrogen-bond donors (Lipinski definition) is 1. The van der Waals surface area contributed by atoms with Crippen molar-refractivity contribution in [2.45, 2.75) is 13.1 Å². The lowest BCUT2D eigenvalue weighted by atomic mass is 10.2. The number of ether oxygens (including phenoxy) is 2. The van der Waals surface area contributed by atoms with Crippen molar-refractivity contribution in [3.63, 3.8) is 0 Å². The molecule has 1 fully saturated rings. The van der Waals surface area contributed by atoms with Gasteiger partial charge >= 0.3 is 0 Å². The molecule has 4 rings (SSSR count). The van der Waals surface area contributed by atoms with Crippen LogP contribution in [0.1, 0.15) is 11.3 Å². The number of hydrogen-bond acceptors (Lipinski definition) is 8. The normalized spacial score (nSPS) is 14.8. The summed E-state index contributed by atoms with van der Waals surface area (Å²) in [5, 5.41) is 14.3. The number of nitrogens with one attached hydrogen (secondary N) is 1. The summed E-state index contributed by atoms with van der Waals surface area (Å²) in [6.45, 7) is 5.52. The fourth-order valence-electron chi connectivity index (χ4n) is 3.50. The Labute approximate surface area is 181 Å². The Kier molecular flexibility index (Phi) is 6.51. The van der Waals surface area contributed by atoms with E-state index in [1.54, 1.807) is 25.6 Å². The van der Waals surface area contributed by atoms with E-state index in [1.807, 2.05) is 30.5 Å². The van der Waals surface area contributed by atoms with E-state index in [4.69, 9.17) is 9.47 Å². The maximum absolute atomic E-state index is 5.49. The zero-order valence-corrected chi connectivity index (χ0v) is 18.5. The molecule has 0 amide bonds. The lowest BCUT2D eigenvalue weighted by Gasteiger charge is -2.31. The van der Waals surface area contributed by atoms with Gasteiger partial charge in [0.15, 0.2) is 0 Å². The molecule has 30 heavy (non-hydrogen) atoms. The van der Waals surface area contributed by atoms with Crippen LogP contribution in [0.25, 0.3) is 5.13 Å². The second kappa shape index (κ2) is 9.46. The maximum atomic E-state index is 5.49. The minimum atomic E-state index is 0.695. The number of aromatic nitrogens is 3. The first-order chi connectivity index (χ1) is 14.7. The average molecular weight is 429 g/mol. The fraction of sp³-hybridized carbons (Fsp3) is 0.429. The highest BCUT2D eigenvalue weighted by Crippen LogP contribution is 2.26. The van der Waals surface area contributed by atoms with Crippen LogP contribution >= 0.6 is 11.3 Å². The number of rotatable bonds is 8. The lowest BCUT2D eigenvalue weighted by molar-refractivity contribution is 0.312. The second-order valence-corrected chi connectivity index (χ2v) is 8.24. The highest BCUT2D eigenvalue weighted by molar-refractivity contribution is 7.17. The zero-order valence-electron chi connectivity index (χ0n) is 17.7. The minimum Gasteiger partial charge on any atom is -0.497 e. The summed E-state index contributed by atoms with van der Waals surface area (Å²) in [4.78, 5) is 4.66. The van der Waals surface area contributed by atoms with Crippen molar-refractivity contribution < 1.29 is 9.47 Å². The molecule has 2 aromatic heterocycles. The molecule has 0 radical (unpaired) electrons.